The van der Waals surface area contributed by atoms with Gasteiger partial charge in [-0.1, -0.05) is 24.3 Å². The molecule has 0 aliphatic carbocycles. The second-order valence-corrected chi connectivity index (χ2v) is 5.84. The highest BCUT2D eigenvalue weighted by molar-refractivity contribution is 5.96. The Morgan fingerprint density at radius 1 is 1.17 bits per heavy atom. The van der Waals surface area contributed by atoms with Crippen LogP contribution in [-0.4, -0.2) is 22.1 Å². The Morgan fingerprint density at radius 3 is 2.79 bits per heavy atom. The Labute approximate surface area is 136 Å². The molecule has 1 aromatic heterocycles. The van der Waals surface area contributed by atoms with Gasteiger partial charge in [-0.3, -0.25) is 4.57 Å². The summed E-state index contributed by atoms with van der Waals surface area (Å²) in [5.74, 6) is -0.00979. The predicted octanol–water partition coefficient (Wildman–Crippen LogP) is 3.00. The number of hydrogen-bond acceptors (Lipinski definition) is 4. The first-order valence-corrected chi connectivity index (χ1v) is 7.62. The Bertz CT molecular complexity index is 1020. The average Bonchev–Trinajstić information content (AvgIpc) is 3.14. The van der Waals surface area contributed by atoms with Crippen molar-refractivity contribution in [3.05, 3.63) is 71.2 Å². The Hall–Kier alpha value is -3.15. The van der Waals surface area contributed by atoms with E-state index in [0.717, 1.165) is 22.3 Å². The van der Waals surface area contributed by atoms with Crippen molar-refractivity contribution in [2.75, 3.05) is 11.9 Å². The SMILES string of the molecule is O=C1OCC2=C1C(c1ccc(F)cc1)n1c(nc3ccccc31)N2. The molecule has 0 fully saturated rings. The maximum absolute atomic E-state index is 13.4. The van der Waals surface area contributed by atoms with E-state index < -0.39 is 0 Å². The number of nitrogens with one attached hydrogen (secondary N) is 1. The van der Waals surface area contributed by atoms with Crippen molar-refractivity contribution >= 4 is 23.0 Å². The number of fused-ring (bicyclic) bond motifs is 3. The minimum atomic E-state index is -0.390. The second-order valence-electron chi connectivity index (χ2n) is 5.84. The third-order valence-corrected chi connectivity index (χ3v) is 4.47. The first kappa shape index (κ1) is 13.3. The molecule has 0 amide bonds. The number of carbonyl (C=O) groups excluding carboxylic acids is 1. The van der Waals surface area contributed by atoms with Crippen molar-refractivity contribution in [2.45, 2.75) is 6.04 Å². The van der Waals surface area contributed by atoms with Gasteiger partial charge in [-0.15, -0.1) is 0 Å². The van der Waals surface area contributed by atoms with Crippen LogP contribution in [0.4, 0.5) is 10.3 Å². The zero-order valence-corrected chi connectivity index (χ0v) is 12.5. The molecule has 2 aliphatic heterocycles. The number of rotatable bonds is 1. The molecule has 2 aliphatic rings. The molecule has 5 nitrogen and oxygen atoms in total. The first-order valence-electron chi connectivity index (χ1n) is 7.62. The van der Waals surface area contributed by atoms with Crippen LogP contribution < -0.4 is 5.32 Å². The van der Waals surface area contributed by atoms with Crippen molar-refractivity contribution in [1.29, 1.82) is 0 Å². The molecule has 3 aromatic rings. The van der Waals surface area contributed by atoms with Crippen LogP contribution in [-0.2, 0) is 9.53 Å². The van der Waals surface area contributed by atoms with Gasteiger partial charge < -0.3 is 10.1 Å². The van der Waals surface area contributed by atoms with E-state index in [2.05, 4.69) is 10.3 Å². The maximum Gasteiger partial charge on any atom is 0.338 e. The summed E-state index contributed by atoms with van der Waals surface area (Å²) in [5, 5.41) is 3.20. The van der Waals surface area contributed by atoms with Gasteiger partial charge in [-0.05, 0) is 29.8 Å². The fourth-order valence-corrected chi connectivity index (χ4v) is 3.42. The van der Waals surface area contributed by atoms with Crippen molar-refractivity contribution in [1.82, 2.24) is 9.55 Å². The van der Waals surface area contributed by atoms with Gasteiger partial charge in [0.05, 0.1) is 28.3 Å². The van der Waals surface area contributed by atoms with E-state index in [1.54, 1.807) is 12.1 Å². The average molecular weight is 321 g/mol. The lowest BCUT2D eigenvalue weighted by Crippen LogP contribution is -2.25. The number of aromatic nitrogens is 2. The lowest BCUT2D eigenvalue weighted by atomic mass is 9.96. The molecule has 0 saturated heterocycles. The summed E-state index contributed by atoms with van der Waals surface area (Å²) in [7, 11) is 0. The summed E-state index contributed by atoms with van der Waals surface area (Å²) >= 11 is 0. The van der Waals surface area contributed by atoms with Gasteiger partial charge in [-0.25, -0.2) is 14.2 Å². The molecule has 5 rings (SSSR count). The molecule has 1 unspecified atom stereocenters. The van der Waals surface area contributed by atoms with Gasteiger partial charge in [-0.2, -0.15) is 0 Å². The number of benzene rings is 2. The van der Waals surface area contributed by atoms with Crippen molar-refractivity contribution < 1.29 is 13.9 Å². The third kappa shape index (κ3) is 1.73. The zero-order valence-electron chi connectivity index (χ0n) is 12.5. The van der Waals surface area contributed by atoms with Crippen LogP contribution in [0.5, 0.6) is 0 Å². The summed E-state index contributed by atoms with van der Waals surface area (Å²) in [6.45, 7) is 0.203. The van der Waals surface area contributed by atoms with Crippen LogP contribution in [0.25, 0.3) is 11.0 Å². The minimum Gasteiger partial charge on any atom is -0.456 e. The lowest BCUT2D eigenvalue weighted by molar-refractivity contribution is -0.136. The molecule has 0 saturated carbocycles. The smallest absolute Gasteiger partial charge is 0.338 e. The summed E-state index contributed by atoms with van der Waals surface area (Å²) in [5.41, 5.74) is 3.82. The van der Waals surface area contributed by atoms with Gasteiger partial charge in [0, 0.05) is 0 Å². The number of halogens is 1. The fourth-order valence-electron chi connectivity index (χ4n) is 3.42. The topological polar surface area (TPSA) is 56.2 Å². The Balaban J connectivity index is 1.81. The standard InChI is InChI=1S/C18H12FN3O2/c19-11-7-5-10(6-8-11)16-15-13(9-24-17(15)23)21-18-20-12-3-1-2-4-14(12)22(16)18/h1-8,16H,9H2,(H,20,21). The minimum absolute atomic E-state index is 0.203. The van der Waals surface area contributed by atoms with Crippen LogP contribution in [0.2, 0.25) is 0 Å². The highest BCUT2D eigenvalue weighted by Crippen LogP contribution is 2.41. The van der Waals surface area contributed by atoms with Crippen LogP contribution in [0, 0.1) is 5.82 Å². The van der Waals surface area contributed by atoms with E-state index in [0.29, 0.717) is 11.5 Å². The molecule has 0 radical (unpaired) electrons. The van der Waals surface area contributed by atoms with Crippen LogP contribution in [0.15, 0.2) is 59.8 Å². The predicted molar refractivity (Wildman–Crippen MR) is 85.9 cm³/mol. The quantitative estimate of drug-likeness (QED) is 0.700. The van der Waals surface area contributed by atoms with E-state index >= 15 is 0 Å². The molecule has 0 spiro atoms. The largest absolute Gasteiger partial charge is 0.456 e. The normalized spacial score (nSPS) is 19.0. The van der Waals surface area contributed by atoms with Crippen LogP contribution in [0.3, 0.4) is 0 Å². The van der Waals surface area contributed by atoms with Crippen molar-refractivity contribution in [3.63, 3.8) is 0 Å². The van der Waals surface area contributed by atoms with E-state index in [4.69, 9.17) is 4.74 Å². The number of imidazole rings is 1. The van der Waals surface area contributed by atoms with E-state index in [1.807, 2.05) is 28.8 Å². The Morgan fingerprint density at radius 2 is 1.96 bits per heavy atom. The molecule has 1 atom stereocenters. The number of cyclic esters (lactones) is 1. The van der Waals surface area contributed by atoms with Gasteiger partial charge in [0.15, 0.2) is 0 Å². The van der Waals surface area contributed by atoms with Crippen molar-refractivity contribution in [3.8, 4) is 0 Å². The van der Waals surface area contributed by atoms with Crippen molar-refractivity contribution in [2.24, 2.45) is 0 Å². The molecule has 2 aromatic carbocycles. The summed E-state index contributed by atoms with van der Waals surface area (Å²) in [6.07, 6.45) is 0. The summed E-state index contributed by atoms with van der Waals surface area (Å²) in [6, 6.07) is 13.5. The summed E-state index contributed by atoms with van der Waals surface area (Å²) < 4.78 is 20.5. The van der Waals surface area contributed by atoms with Gasteiger partial charge in [0.2, 0.25) is 5.95 Å². The maximum atomic E-state index is 13.4. The number of carbonyl (C=O) groups is 1. The number of ether oxygens (including phenoxy) is 1. The van der Waals surface area contributed by atoms with Crippen LogP contribution in [0.1, 0.15) is 11.6 Å². The van der Waals surface area contributed by atoms with Gasteiger partial charge in [0.25, 0.3) is 0 Å². The monoisotopic (exact) mass is 321 g/mol. The molecular formula is C18H12FN3O2. The number of hydrogen-bond donors (Lipinski definition) is 1. The van der Waals surface area contributed by atoms with E-state index in [-0.39, 0.29) is 24.4 Å². The summed E-state index contributed by atoms with van der Waals surface area (Å²) in [4.78, 5) is 16.9. The third-order valence-electron chi connectivity index (χ3n) is 4.47. The number of esters is 1. The van der Waals surface area contributed by atoms with Gasteiger partial charge >= 0.3 is 5.97 Å². The Kier molecular flexibility index (Phi) is 2.59. The molecule has 24 heavy (non-hydrogen) atoms. The highest BCUT2D eigenvalue weighted by Gasteiger charge is 2.39. The molecule has 6 heteroatoms. The number of nitrogens with zero attached hydrogens (tertiary/aromatic N) is 2. The van der Waals surface area contributed by atoms with E-state index in [9.17, 15) is 9.18 Å². The molecule has 1 N–H and O–H groups in total. The molecule has 0 bridgehead atoms. The van der Waals surface area contributed by atoms with E-state index in [1.165, 1.54) is 12.1 Å². The zero-order chi connectivity index (χ0) is 16.3. The lowest BCUT2D eigenvalue weighted by Gasteiger charge is -2.27. The van der Waals surface area contributed by atoms with Gasteiger partial charge in [0.1, 0.15) is 12.4 Å². The number of para-hydroxylation sites is 2. The number of anilines is 1. The molecule has 3 heterocycles. The van der Waals surface area contributed by atoms with Crippen LogP contribution >= 0.6 is 0 Å². The highest BCUT2D eigenvalue weighted by atomic mass is 19.1. The fraction of sp³-hybridized carbons (Fsp3) is 0.111. The molecular weight excluding hydrogens is 309 g/mol. The first-order chi connectivity index (χ1) is 11.7. The second kappa shape index (κ2) is 4.67. The molecule has 118 valence electrons.